The van der Waals surface area contributed by atoms with Crippen molar-refractivity contribution in [3.8, 4) is 17.2 Å². The van der Waals surface area contributed by atoms with Crippen molar-refractivity contribution >= 4 is 69.5 Å². The Kier molecular flexibility index (Phi) is 11.9. The molecule has 9 nitrogen and oxygen atoms in total. The lowest BCUT2D eigenvalue weighted by Crippen LogP contribution is -2.30. The average Bonchev–Trinajstić information content (AvgIpc) is 3.05. The van der Waals surface area contributed by atoms with Crippen molar-refractivity contribution in [1.29, 1.82) is 0 Å². The van der Waals surface area contributed by atoms with Crippen molar-refractivity contribution in [2.45, 2.75) is 17.1 Å². The molecule has 0 heterocycles. The van der Waals surface area contributed by atoms with Crippen LogP contribution in [-0.4, -0.2) is 44.3 Å². The van der Waals surface area contributed by atoms with Crippen LogP contribution in [0.1, 0.15) is 22.8 Å². The maximum absolute atomic E-state index is 13.7. The fraction of sp³-hybridized carbons (Fsp3) is 0.147. The maximum Gasteiger partial charge on any atom is 0.272 e. The fourth-order valence-corrected chi connectivity index (χ4v) is 5.43. The van der Waals surface area contributed by atoms with Gasteiger partial charge in [-0.15, -0.1) is 11.8 Å². The summed E-state index contributed by atoms with van der Waals surface area (Å²) in [6.07, 6.45) is 1.51. The van der Waals surface area contributed by atoms with Crippen LogP contribution in [0.15, 0.2) is 102 Å². The zero-order valence-corrected chi connectivity index (χ0v) is 28.0. The second-order valence-electron chi connectivity index (χ2n) is 9.57. The van der Waals surface area contributed by atoms with Crippen LogP contribution in [0, 0.1) is 3.57 Å². The second kappa shape index (κ2) is 16.0. The number of hydrogen-bond acceptors (Lipinski definition) is 7. The summed E-state index contributed by atoms with van der Waals surface area (Å²) in [4.78, 5) is 40.4. The van der Waals surface area contributed by atoms with Crippen molar-refractivity contribution in [3.63, 3.8) is 0 Å². The second-order valence-corrected chi connectivity index (χ2v) is 12.2. The molecular weight excluding hydrogens is 705 g/mol. The third-order valence-electron chi connectivity index (χ3n) is 6.45. The summed E-state index contributed by atoms with van der Waals surface area (Å²) in [7, 11) is 4.50. The number of carbonyl (C=O) groups is 3. The number of hydrogen-bond donors (Lipinski definition) is 3. The van der Waals surface area contributed by atoms with Gasteiger partial charge < -0.3 is 30.2 Å². The monoisotopic (exact) mass is 737 g/mol. The first-order chi connectivity index (χ1) is 21.7. The van der Waals surface area contributed by atoms with Crippen LogP contribution >= 0.6 is 34.4 Å². The third kappa shape index (κ3) is 9.25. The lowest BCUT2D eigenvalue weighted by atomic mass is 10.1. The molecule has 232 valence electrons. The molecule has 4 rings (SSSR count). The van der Waals surface area contributed by atoms with E-state index in [1.165, 1.54) is 39.2 Å². The minimum atomic E-state index is -0.567. The zero-order chi connectivity index (χ0) is 32.3. The predicted octanol–water partition coefficient (Wildman–Crippen LogP) is 6.85. The quantitative estimate of drug-likeness (QED) is 0.0829. The Bertz CT molecular complexity index is 1700. The molecule has 0 saturated carbocycles. The van der Waals surface area contributed by atoms with Gasteiger partial charge in [-0.1, -0.05) is 24.3 Å². The van der Waals surface area contributed by atoms with Crippen molar-refractivity contribution in [1.82, 2.24) is 5.32 Å². The molecule has 1 unspecified atom stereocenters. The van der Waals surface area contributed by atoms with Crippen molar-refractivity contribution in [2.75, 3.05) is 32.0 Å². The molecule has 0 aromatic heterocycles. The van der Waals surface area contributed by atoms with Crippen molar-refractivity contribution in [3.05, 3.63) is 111 Å². The molecule has 0 aliphatic carbocycles. The van der Waals surface area contributed by atoms with Gasteiger partial charge in [-0.05, 0) is 96.3 Å². The smallest absolute Gasteiger partial charge is 0.272 e. The molecule has 11 heteroatoms. The van der Waals surface area contributed by atoms with E-state index in [1.807, 2.05) is 37.3 Å². The number of nitrogens with one attached hydrogen (secondary N) is 3. The number of ether oxygens (including phenoxy) is 3. The molecule has 1 atom stereocenters. The average molecular weight is 738 g/mol. The van der Waals surface area contributed by atoms with Crippen molar-refractivity contribution < 1.29 is 28.6 Å². The standard InChI is InChI=1S/C34H32IN3O6S/c1-21(32(39)36-25-15-13-24(35)14-16-25)45-27-12-8-11-26(19-27)37-34(41)28(38-33(40)22-9-6-5-7-10-22)17-23-18-30(43-3)31(44-4)20-29(23)42-2/h5-21H,1-4H3,(H,36,39)(H,37,41)(H,38,40)/b28-17+. The first-order valence-corrected chi connectivity index (χ1v) is 15.7. The number of halogens is 1. The van der Waals surface area contributed by atoms with Crippen LogP contribution in [0.4, 0.5) is 11.4 Å². The van der Waals surface area contributed by atoms with Gasteiger partial charge in [-0.25, -0.2) is 0 Å². The number of methoxy groups -OCH3 is 3. The van der Waals surface area contributed by atoms with Gasteiger partial charge in [-0.2, -0.15) is 0 Å². The molecule has 3 amide bonds. The van der Waals surface area contributed by atoms with Crippen LogP contribution in [-0.2, 0) is 9.59 Å². The van der Waals surface area contributed by atoms with Gasteiger partial charge in [0.25, 0.3) is 11.8 Å². The number of carbonyl (C=O) groups excluding carboxylic acids is 3. The Labute approximate surface area is 279 Å². The summed E-state index contributed by atoms with van der Waals surface area (Å²) >= 11 is 3.56. The van der Waals surface area contributed by atoms with E-state index in [9.17, 15) is 14.4 Å². The van der Waals surface area contributed by atoms with Gasteiger partial charge in [0, 0.05) is 37.0 Å². The SMILES string of the molecule is COc1cc(OC)c(OC)cc1/C=C(/NC(=O)c1ccccc1)C(=O)Nc1cccc(SC(C)C(=O)Nc2ccc(I)cc2)c1. The summed E-state index contributed by atoms with van der Waals surface area (Å²) in [6.45, 7) is 1.81. The van der Waals surface area contributed by atoms with E-state index in [0.717, 1.165) is 14.2 Å². The Morgan fingerprint density at radius 3 is 2.09 bits per heavy atom. The molecule has 0 fully saturated rings. The van der Waals surface area contributed by atoms with Crippen LogP contribution in [0.2, 0.25) is 0 Å². The van der Waals surface area contributed by atoms with Crippen LogP contribution in [0.25, 0.3) is 6.08 Å². The lowest BCUT2D eigenvalue weighted by Gasteiger charge is -2.15. The molecule has 0 aliphatic heterocycles. The highest BCUT2D eigenvalue weighted by molar-refractivity contribution is 14.1. The maximum atomic E-state index is 13.7. The third-order valence-corrected chi connectivity index (χ3v) is 8.26. The molecule has 0 saturated heterocycles. The van der Waals surface area contributed by atoms with E-state index in [2.05, 4.69) is 38.5 Å². The molecule has 0 radical (unpaired) electrons. The first kappa shape index (κ1) is 33.4. The highest BCUT2D eigenvalue weighted by Gasteiger charge is 2.19. The molecule has 4 aromatic carbocycles. The number of rotatable bonds is 12. The Hall–Kier alpha value is -4.49. The fourth-order valence-electron chi connectivity index (χ4n) is 4.14. The van der Waals surface area contributed by atoms with E-state index in [1.54, 1.807) is 60.7 Å². The highest BCUT2D eigenvalue weighted by atomic mass is 127. The van der Waals surface area contributed by atoms with Gasteiger partial charge in [0.1, 0.15) is 11.4 Å². The number of amides is 3. The van der Waals surface area contributed by atoms with E-state index in [-0.39, 0.29) is 11.6 Å². The van der Waals surface area contributed by atoms with Crippen LogP contribution < -0.4 is 30.2 Å². The Morgan fingerprint density at radius 2 is 1.42 bits per heavy atom. The van der Waals surface area contributed by atoms with E-state index < -0.39 is 17.1 Å². The largest absolute Gasteiger partial charge is 0.496 e. The summed E-state index contributed by atoms with van der Waals surface area (Å²) < 4.78 is 17.4. The topological polar surface area (TPSA) is 115 Å². The van der Waals surface area contributed by atoms with Gasteiger partial charge in [0.05, 0.1) is 26.6 Å². The van der Waals surface area contributed by atoms with Crippen LogP contribution in [0.5, 0.6) is 17.2 Å². The van der Waals surface area contributed by atoms with E-state index in [4.69, 9.17) is 14.2 Å². The summed E-state index contributed by atoms with van der Waals surface area (Å²) in [5.74, 6) is 0.0952. The first-order valence-electron chi connectivity index (χ1n) is 13.7. The van der Waals surface area contributed by atoms with Gasteiger partial charge >= 0.3 is 0 Å². The molecule has 0 spiro atoms. The minimum Gasteiger partial charge on any atom is -0.496 e. The summed E-state index contributed by atoms with van der Waals surface area (Å²) in [5.41, 5.74) is 2.03. The predicted molar refractivity (Wildman–Crippen MR) is 186 cm³/mol. The molecule has 45 heavy (non-hydrogen) atoms. The van der Waals surface area contributed by atoms with Crippen LogP contribution in [0.3, 0.4) is 0 Å². The molecular formula is C34H32IN3O6S. The Morgan fingerprint density at radius 1 is 0.756 bits per heavy atom. The van der Waals surface area contributed by atoms with Gasteiger partial charge in [0.15, 0.2) is 11.5 Å². The number of benzene rings is 4. The summed E-state index contributed by atoms with van der Waals surface area (Å²) in [6, 6.07) is 26.6. The molecule has 4 aromatic rings. The minimum absolute atomic E-state index is 0.0299. The number of thioether (sulfide) groups is 1. The highest BCUT2D eigenvalue weighted by Crippen LogP contribution is 2.36. The van der Waals surface area contributed by atoms with Crippen molar-refractivity contribution in [2.24, 2.45) is 0 Å². The van der Waals surface area contributed by atoms with E-state index in [0.29, 0.717) is 34.1 Å². The molecule has 3 N–H and O–H groups in total. The van der Waals surface area contributed by atoms with Gasteiger partial charge in [0.2, 0.25) is 5.91 Å². The molecule has 0 aliphatic rings. The zero-order valence-electron chi connectivity index (χ0n) is 25.1. The van der Waals surface area contributed by atoms with Gasteiger partial charge in [-0.3, -0.25) is 14.4 Å². The summed E-state index contributed by atoms with van der Waals surface area (Å²) in [5, 5.41) is 8.11. The normalized spacial score (nSPS) is 11.6. The lowest BCUT2D eigenvalue weighted by molar-refractivity contribution is -0.115. The number of anilines is 2. The van der Waals surface area contributed by atoms with E-state index >= 15 is 0 Å². The molecule has 0 bridgehead atoms. The Balaban J connectivity index is 1.57.